The Bertz CT molecular complexity index is 688. The number of hydrogen-bond acceptors (Lipinski definition) is 5. The Balaban J connectivity index is 1.64. The van der Waals surface area contributed by atoms with Crippen LogP contribution < -0.4 is 0 Å². The molecule has 1 aromatic rings. The van der Waals surface area contributed by atoms with E-state index in [0.29, 0.717) is 25.6 Å². The van der Waals surface area contributed by atoms with Gasteiger partial charge in [-0.2, -0.15) is 0 Å². The average Bonchev–Trinajstić information content (AvgIpc) is 2.67. The number of carbonyl (C=O) groups is 2. The number of carboxylic acid groups (broad SMARTS) is 1. The maximum atomic E-state index is 12.8. The predicted molar refractivity (Wildman–Crippen MR) is 106 cm³/mol. The van der Waals surface area contributed by atoms with Crippen molar-refractivity contribution >= 4 is 11.9 Å². The van der Waals surface area contributed by atoms with Crippen LogP contribution in [-0.4, -0.2) is 89.1 Å². The molecule has 0 aromatic heterocycles. The van der Waals surface area contributed by atoms with Gasteiger partial charge in [-0.3, -0.25) is 14.5 Å². The Morgan fingerprint density at radius 2 is 1.89 bits per heavy atom. The molecule has 0 saturated carbocycles. The number of aliphatic carboxylic acids is 1. The second kappa shape index (κ2) is 9.39. The zero-order chi connectivity index (χ0) is 20.1. The molecule has 2 heterocycles. The maximum absolute atomic E-state index is 12.8. The smallest absolute Gasteiger partial charge is 0.303 e. The molecule has 2 aliphatic heterocycles. The lowest BCUT2D eigenvalue weighted by molar-refractivity contribution is -0.137. The topological polar surface area (TPSA) is 84.3 Å². The van der Waals surface area contributed by atoms with Gasteiger partial charge in [-0.25, -0.2) is 0 Å². The summed E-state index contributed by atoms with van der Waals surface area (Å²) < 4.78 is 0. The van der Waals surface area contributed by atoms with Crippen LogP contribution in [0.25, 0.3) is 0 Å². The molecule has 0 spiro atoms. The summed E-state index contributed by atoms with van der Waals surface area (Å²) in [7, 11) is 2.13. The van der Waals surface area contributed by atoms with Crippen molar-refractivity contribution in [2.45, 2.75) is 31.7 Å². The summed E-state index contributed by atoms with van der Waals surface area (Å²) in [5.41, 5.74) is 0.799. The van der Waals surface area contributed by atoms with Crippen LogP contribution in [0.15, 0.2) is 24.3 Å². The van der Waals surface area contributed by atoms with Crippen molar-refractivity contribution in [2.75, 3.05) is 46.3 Å². The number of benzene rings is 1. The summed E-state index contributed by atoms with van der Waals surface area (Å²) in [5, 5.41) is 18.8. The lowest BCUT2D eigenvalue weighted by Gasteiger charge is -2.46. The Kier molecular flexibility index (Phi) is 6.91. The third-order valence-electron chi connectivity index (χ3n) is 6.05. The number of nitrogens with zero attached hydrogens (tertiary/aromatic N) is 3. The molecule has 1 amide bonds. The van der Waals surface area contributed by atoms with E-state index < -0.39 is 5.97 Å². The molecule has 0 bridgehead atoms. The van der Waals surface area contributed by atoms with Gasteiger partial charge in [-0.05, 0) is 43.5 Å². The molecule has 0 radical (unpaired) electrons. The summed E-state index contributed by atoms with van der Waals surface area (Å²) in [5.74, 6) is -0.386. The first-order valence-electron chi connectivity index (χ1n) is 10.1. The lowest BCUT2D eigenvalue weighted by Crippen LogP contribution is -2.57. The van der Waals surface area contributed by atoms with Crippen molar-refractivity contribution in [3.63, 3.8) is 0 Å². The first-order valence-corrected chi connectivity index (χ1v) is 10.1. The number of amides is 1. The number of piperazine rings is 1. The number of rotatable bonds is 6. The monoisotopic (exact) mass is 389 g/mol. The zero-order valence-corrected chi connectivity index (χ0v) is 16.6. The van der Waals surface area contributed by atoms with Gasteiger partial charge in [-0.15, -0.1) is 0 Å². The number of carbonyl (C=O) groups excluding carboxylic acids is 1. The number of phenolic OH excluding ortho intramolecular Hbond substituents is 1. The van der Waals surface area contributed by atoms with Crippen molar-refractivity contribution in [3.05, 3.63) is 29.8 Å². The van der Waals surface area contributed by atoms with Crippen LogP contribution in [0.3, 0.4) is 0 Å². The minimum absolute atomic E-state index is 0.0442. The number of carboxylic acids is 1. The second-order valence-electron chi connectivity index (χ2n) is 8.07. The molecule has 154 valence electrons. The van der Waals surface area contributed by atoms with E-state index in [0.717, 1.165) is 38.2 Å². The summed E-state index contributed by atoms with van der Waals surface area (Å²) in [6, 6.07) is 7.15. The van der Waals surface area contributed by atoms with Gasteiger partial charge in [0.2, 0.25) is 5.91 Å². The predicted octanol–water partition coefficient (Wildman–Crippen LogP) is 1.26. The largest absolute Gasteiger partial charge is 0.508 e. The van der Waals surface area contributed by atoms with E-state index >= 15 is 0 Å². The number of likely N-dealkylation sites (tertiary alicyclic amines) is 1. The molecule has 2 fully saturated rings. The molecule has 2 aliphatic rings. The fraction of sp³-hybridized carbons (Fsp3) is 0.619. The van der Waals surface area contributed by atoms with E-state index in [1.165, 1.54) is 0 Å². The highest BCUT2D eigenvalue weighted by atomic mass is 16.4. The van der Waals surface area contributed by atoms with Crippen molar-refractivity contribution in [3.8, 4) is 5.75 Å². The summed E-state index contributed by atoms with van der Waals surface area (Å²) in [6.45, 7) is 5.38. The fourth-order valence-electron chi connectivity index (χ4n) is 4.43. The van der Waals surface area contributed by atoms with Gasteiger partial charge in [0.15, 0.2) is 0 Å². The lowest BCUT2D eigenvalue weighted by atomic mass is 9.86. The molecule has 1 aromatic carbocycles. The van der Waals surface area contributed by atoms with Gasteiger partial charge in [-0.1, -0.05) is 12.1 Å². The summed E-state index contributed by atoms with van der Waals surface area (Å²) >= 11 is 0. The molecule has 2 saturated heterocycles. The third-order valence-corrected chi connectivity index (χ3v) is 6.05. The molecular weight excluding hydrogens is 358 g/mol. The van der Waals surface area contributed by atoms with Crippen LogP contribution >= 0.6 is 0 Å². The first kappa shape index (κ1) is 20.6. The molecule has 7 heteroatoms. The highest BCUT2D eigenvalue weighted by molar-refractivity contribution is 5.79. The van der Waals surface area contributed by atoms with Gasteiger partial charge in [0.05, 0.1) is 6.42 Å². The summed E-state index contributed by atoms with van der Waals surface area (Å²) in [6.07, 6.45) is 1.89. The number of hydrogen-bond donors (Lipinski definition) is 2. The molecule has 0 aliphatic carbocycles. The molecule has 3 rings (SSSR count). The van der Waals surface area contributed by atoms with E-state index in [1.807, 2.05) is 11.0 Å². The van der Waals surface area contributed by atoms with Crippen molar-refractivity contribution in [1.82, 2.24) is 14.7 Å². The fourth-order valence-corrected chi connectivity index (χ4v) is 4.43. The highest BCUT2D eigenvalue weighted by Crippen LogP contribution is 2.28. The second-order valence-corrected chi connectivity index (χ2v) is 8.07. The number of phenols is 1. The van der Waals surface area contributed by atoms with E-state index in [9.17, 15) is 14.7 Å². The molecule has 7 nitrogen and oxygen atoms in total. The number of aromatic hydroxyl groups is 1. The van der Waals surface area contributed by atoms with Crippen LogP contribution in [0, 0.1) is 5.92 Å². The first-order chi connectivity index (χ1) is 13.4. The van der Waals surface area contributed by atoms with E-state index in [-0.39, 0.29) is 30.4 Å². The quantitative estimate of drug-likeness (QED) is 0.762. The Hall–Kier alpha value is -2.12. The van der Waals surface area contributed by atoms with Crippen molar-refractivity contribution in [2.24, 2.45) is 5.92 Å². The molecule has 0 unspecified atom stereocenters. The van der Waals surface area contributed by atoms with Gasteiger partial charge < -0.3 is 20.0 Å². The third kappa shape index (κ3) is 5.45. The van der Waals surface area contributed by atoms with Crippen molar-refractivity contribution in [1.29, 1.82) is 0 Å². The normalized spacial score (nSPS) is 24.2. The minimum atomic E-state index is -0.777. The van der Waals surface area contributed by atoms with Crippen LogP contribution in [-0.2, 0) is 16.0 Å². The molecular formula is C21H31N3O4. The zero-order valence-electron chi connectivity index (χ0n) is 16.6. The summed E-state index contributed by atoms with van der Waals surface area (Å²) in [4.78, 5) is 30.6. The van der Waals surface area contributed by atoms with Gasteiger partial charge in [0.1, 0.15) is 5.75 Å². The van der Waals surface area contributed by atoms with E-state index in [1.54, 1.807) is 18.2 Å². The van der Waals surface area contributed by atoms with E-state index in [2.05, 4.69) is 16.8 Å². The van der Waals surface area contributed by atoms with Gasteiger partial charge >= 0.3 is 5.97 Å². The molecule has 28 heavy (non-hydrogen) atoms. The Morgan fingerprint density at radius 1 is 1.14 bits per heavy atom. The van der Waals surface area contributed by atoms with Crippen LogP contribution in [0.1, 0.15) is 24.8 Å². The van der Waals surface area contributed by atoms with E-state index in [4.69, 9.17) is 5.11 Å². The average molecular weight is 389 g/mol. The van der Waals surface area contributed by atoms with Crippen LogP contribution in [0.2, 0.25) is 0 Å². The van der Waals surface area contributed by atoms with Crippen LogP contribution in [0.4, 0.5) is 0 Å². The van der Waals surface area contributed by atoms with Crippen LogP contribution in [0.5, 0.6) is 5.75 Å². The Labute approximate surface area is 166 Å². The minimum Gasteiger partial charge on any atom is -0.508 e. The SMILES string of the molecule is CN1CCN([C@@H]2CCN(C(=O)Cc3cccc(O)c3)C[C@@H]2CCC(=O)O)CC1. The maximum Gasteiger partial charge on any atom is 0.303 e. The molecule has 2 atom stereocenters. The van der Waals surface area contributed by atoms with Gasteiger partial charge in [0.25, 0.3) is 0 Å². The van der Waals surface area contributed by atoms with Gasteiger partial charge in [0, 0.05) is 51.7 Å². The Morgan fingerprint density at radius 3 is 2.57 bits per heavy atom. The molecule has 2 N–H and O–H groups in total. The highest BCUT2D eigenvalue weighted by Gasteiger charge is 2.35. The number of likely N-dealkylation sites (N-methyl/N-ethyl adjacent to an activating group) is 1. The standard InChI is InChI=1S/C21H31N3O4/c1-22-9-11-23(12-10-22)19-7-8-24(15-17(19)5-6-21(27)28)20(26)14-16-3-2-4-18(25)13-16/h2-4,13,17,19,25H,5-12,14-15H2,1H3,(H,27,28)/t17-,19+/m0/s1. The van der Waals surface area contributed by atoms with Crippen molar-refractivity contribution < 1.29 is 19.8 Å². The number of piperidine rings is 1.